The summed E-state index contributed by atoms with van der Waals surface area (Å²) in [5, 5.41) is 5.67. The van der Waals surface area contributed by atoms with Gasteiger partial charge in [-0.3, -0.25) is 9.59 Å². The number of pyridine rings is 1. The van der Waals surface area contributed by atoms with Crippen LogP contribution in [0.2, 0.25) is 0 Å². The highest BCUT2D eigenvalue weighted by molar-refractivity contribution is 5.86. The number of H-pyrrole nitrogens is 2. The van der Waals surface area contributed by atoms with E-state index in [1.54, 1.807) is 18.3 Å². The van der Waals surface area contributed by atoms with Crippen molar-refractivity contribution in [2.24, 2.45) is 23.7 Å². The van der Waals surface area contributed by atoms with Crippen LogP contribution in [0.4, 0.5) is 9.18 Å². The van der Waals surface area contributed by atoms with E-state index >= 15 is 0 Å². The summed E-state index contributed by atoms with van der Waals surface area (Å²) in [6.45, 7) is 4.51. The third-order valence-corrected chi connectivity index (χ3v) is 12.0. The van der Waals surface area contributed by atoms with Crippen molar-refractivity contribution < 1.29 is 23.5 Å². The zero-order valence-electron chi connectivity index (χ0n) is 31.8. The van der Waals surface area contributed by atoms with Crippen molar-refractivity contribution in [1.82, 2.24) is 40.5 Å². The van der Waals surface area contributed by atoms with Gasteiger partial charge in [0.15, 0.2) is 0 Å². The summed E-state index contributed by atoms with van der Waals surface area (Å²) < 4.78 is 18.9. The molecule has 3 fully saturated rings. The number of imidazole rings is 2. The highest BCUT2D eigenvalue weighted by Gasteiger charge is 2.52. The lowest BCUT2D eigenvalue weighted by molar-refractivity contribution is -0.135. The van der Waals surface area contributed by atoms with Crippen LogP contribution < -0.4 is 10.6 Å². The zero-order chi connectivity index (χ0) is 38.9. The lowest BCUT2D eigenvalue weighted by Gasteiger charge is -2.30. The fraction of sp³-hybridized carbons (Fsp3) is 0.395. The SMILES string of the molecule is COC(=O)N[C@H](C(=O)N1CCC[C@H]1c1ncc(-c2ccc(-c3ccc(-c4cnc([C@H]5C6CCC(C6)[C@@H]5C(=O)NCc5cccnc5F)[nH]4)cc3)cc2)[nH]1)C(C)C. The van der Waals surface area contributed by atoms with E-state index in [-0.39, 0.29) is 42.2 Å². The van der Waals surface area contributed by atoms with Gasteiger partial charge in [-0.1, -0.05) is 68.4 Å². The van der Waals surface area contributed by atoms with Crippen LogP contribution in [0.15, 0.2) is 79.3 Å². The van der Waals surface area contributed by atoms with Gasteiger partial charge in [0, 0.05) is 30.8 Å². The second-order valence-corrected chi connectivity index (χ2v) is 15.6. The van der Waals surface area contributed by atoms with Crippen LogP contribution in [0.25, 0.3) is 33.6 Å². The molecule has 3 amide bonds. The molecule has 3 aromatic heterocycles. The van der Waals surface area contributed by atoms with Gasteiger partial charge in [0.2, 0.25) is 17.8 Å². The Kier molecular flexibility index (Phi) is 10.4. The second-order valence-electron chi connectivity index (χ2n) is 15.6. The Morgan fingerprint density at radius 1 is 0.857 bits per heavy atom. The molecule has 0 spiro atoms. The summed E-state index contributed by atoms with van der Waals surface area (Å²) in [5.74, 6) is 1.20. The molecule has 1 saturated heterocycles. The molecule has 2 aromatic carbocycles. The van der Waals surface area contributed by atoms with Crippen molar-refractivity contribution in [1.29, 1.82) is 0 Å². The molecular weight excluding hydrogens is 712 g/mol. The average Bonchev–Trinajstić information content (AvgIpc) is 4.08. The van der Waals surface area contributed by atoms with E-state index in [4.69, 9.17) is 9.72 Å². The van der Waals surface area contributed by atoms with Crippen LogP contribution in [0.1, 0.15) is 75.1 Å². The molecule has 4 heterocycles. The van der Waals surface area contributed by atoms with Crippen LogP contribution >= 0.6 is 0 Å². The third kappa shape index (κ3) is 7.29. The van der Waals surface area contributed by atoms with Gasteiger partial charge in [0.25, 0.3) is 0 Å². The summed E-state index contributed by atoms with van der Waals surface area (Å²) in [7, 11) is 1.29. The number of ether oxygens (including phenoxy) is 1. The molecule has 4 N–H and O–H groups in total. The fourth-order valence-corrected chi connectivity index (χ4v) is 9.10. The van der Waals surface area contributed by atoms with Gasteiger partial charge in [-0.15, -0.1) is 0 Å². The number of amides is 3. The number of nitrogens with one attached hydrogen (secondary N) is 4. The number of fused-ring (bicyclic) bond motifs is 2. The van der Waals surface area contributed by atoms with Crippen LogP contribution in [0.3, 0.4) is 0 Å². The van der Waals surface area contributed by atoms with Crippen LogP contribution in [-0.4, -0.2) is 67.4 Å². The Bertz CT molecular complexity index is 2200. The molecule has 6 atom stereocenters. The van der Waals surface area contributed by atoms with Gasteiger partial charge in [0.05, 0.1) is 42.9 Å². The topological polar surface area (TPSA) is 158 Å². The predicted octanol–water partition coefficient (Wildman–Crippen LogP) is 7.16. The third-order valence-electron chi connectivity index (χ3n) is 12.0. The lowest BCUT2D eigenvalue weighted by atomic mass is 9.78. The number of carbonyl (C=O) groups is 3. The Morgan fingerprint density at radius 2 is 1.48 bits per heavy atom. The Balaban J connectivity index is 0.918. The zero-order valence-corrected chi connectivity index (χ0v) is 31.8. The van der Waals surface area contributed by atoms with Gasteiger partial charge in [-0.2, -0.15) is 4.39 Å². The maximum absolute atomic E-state index is 14.1. The van der Waals surface area contributed by atoms with E-state index < -0.39 is 18.1 Å². The fourth-order valence-electron chi connectivity index (χ4n) is 9.10. The molecule has 5 aromatic rings. The lowest BCUT2D eigenvalue weighted by Crippen LogP contribution is -2.51. The van der Waals surface area contributed by atoms with Gasteiger partial charge < -0.3 is 30.2 Å². The van der Waals surface area contributed by atoms with Crippen LogP contribution in [-0.2, 0) is 20.9 Å². The molecule has 1 aliphatic heterocycles. The molecule has 56 heavy (non-hydrogen) atoms. The van der Waals surface area contributed by atoms with Crippen molar-refractivity contribution >= 4 is 17.9 Å². The number of aromatic nitrogens is 5. The number of hydrogen-bond acceptors (Lipinski definition) is 7. The van der Waals surface area contributed by atoms with E-state index in [2.05, 4.69) is 79.1 Å². The minimum atomic E-state index is -0.686. The monoisotopic (exact) mass is 758 g/mol. The van der Waals surface area contributed by atoms with Crippen LogP contribution in [0.5, 0.6) is 0 Å². The van der Waals surface area contributed by atoms with Gasteiger partial charge in [0.1, 0.15) is 17.7 Å². The Labute approximate surface area is 325 Å². The standard InChI is InChI=1S/C43H47FN8O4/c1-24(2)37(51-43(55)56-3)42(54)52-19-5-7-34(52)39-46-22-32(49-39)27-12-8-25(9-13-27)26-10-14-28(15-11-26)33-23-47-40(50-33)35-29-16-17-30(20-29)36(35)41(53)48-21-31-6-4-18-45-38(31)44/h4,6,8-15,18,22-24,29-30,34-37H,5,7,16-17,19-21H2,1-3H3,(H,46,49)(H,47,50)(H,48,53)(H,51,55)/t29?,30?,34-,35-,36-,37-/m0/s1. The highest BCUT2D eigenvalue weighted by atomic mass is 19.1. The molecule has 2 bridgehead atoms. The summed E-state index contributed by atoms with van der Waals surface area (Å²) in [5.41, 5.74) is 6.26. The number of likely N-dealkylation sites (tertiary alicyclic amines) is 1. The minimum Gasteiger partial charge on any atom is -0.453 e. The summed E-state index contributed by atoms with van der Waals surface area (Å²) in [4.78, 5) is 60.9. The smallest absolute Gasteiger partial charge is 0.407 e. The van der Waals surface area contributed by atoms with Gasteiger partial charge in [-0.05, 0) is 78.2 Å². The Hall–Kier alpha value is -5.85. The average molecular weight is 759 g/mol. The van der Waals surface area contributed by atoms with Gasteiger partial charge in [-0.25, -0.2) is 19.7 Å². The maximum Gasteiger partial charge on any atom is 0.407 e. The number of nitrogens with zero attached hydrogens (tertiary/aromatic N) is 4. The molecule has 3 aliphatic rings. The largest absolute Gasteiger partial charge is 0.453 e. The van der Waals surface area contributed by atoms with E-state index in [1.807, 2.05) is 24.9 Å². The second kappa shape index (κ2) is 15.7. The number of hydrogen-bond donors (Lipinski definition) is 4. The molecule has 2 aliphatic carbocycles. The number of carbonyl (C=O) groups excluding carboxylic acids is 3. The van der Waals surface area contributed by atoms with E-state index in [9.17, 15) is 18.8 Å². The van der Waals surface area contributed by atoms with Crippen molar-refractivity contribution in [3.05, 3.63) is 102 Å². The first-order valence-corrected chi connectivity index (χ1v) is 19.5. The van der Waals surface area contributed by atoms with E-state index in [0.29, 0.717) is 23.9 Å². The molecule has 0 radical (unpaired) electrons. The first kappa shape index (κ1) is 37.1. The van der Waals surface area contributed by atoms with Crippen LogP contribution in [0, 0.1) is 29.6 Å². The number of rotatable bonds is 11. The molecule has 12 nitrogen and oxygen atoms in total. The molecular formula is C43H47FN8O4. The summed E-state index contributed by atoms with van der Waals surface area (Å²) in [6, 6.07) is 19.1. The first-order valence-electron chi connectivity index (χ1n) is 19.5. The normalized spacial score (nSPS) is 22.0. The number of methoxy groups -OCH3 is 1. The molecule has 13 heteroatoms. The predicted molar refractivity (Wildman–Crippen MR) is 208 cm³/mol. The summed E-state index contributed by atoms with van der Waals surface area (Å²) in [6.07, 6.45) is 9.19. The number of benzene rings is 2. The van der Waals surface area contributed by atoms with E-state index in [0.717, 1.165) is 77.4 Å². The minimum absolute atomic E-state index is 0.00264. The molecule has 290 valence electrons. The molecule has 2 unspecified atom stereocenters. The van der Waals surface area contributed by atoms with Crippen molar-refractivity contribution in [3.63, 3.8) is 0 Å². The number of halogens is 1. The maximum atomic E-state index is 14.1. The first-order chi connectivity index (χ1) is 27.2. The van der Waals surface area contributed by atoms with Crippen molar-refractivity contribution in [2.45, 2.75) is 70.5 Å². The van der Waals surface area contributed by atoms with Gasteiger partial charge >= 0.3 is 6.09 Å². The van der Waals surface area contributed by atoms with E-state index in [1.165, 1.54) is 13.3 Å². The Morgan fingerprint density at radius 3 is 2.12 bits per heavy atom. The quantitative estimate of drug-likeness (QED) is 0.104. The summed E-state index contributed by atoms with van der Waals surface area (Å²) >= 11 is 0. The van der Waals surface area contributed by atoms with Crippen molar-refractivity contribution in [2.75, 3.05) is 13.7 Å². The number of alkyl carbamates (subject to hydrolysis) is 1. The van der Waals surface area contributed by atoms with Crippen molar-refractivity contribution in [3.8, 4) is 33.6 Å². The number of aromatic amines is 2. The highest BCUT2D eigenvalue weighted by Crippen LogP contribution is 2.56. The molecule has 2 saturated carbocycles. The molecule has 8 rings (SSSR count).